The fourth-order valence-corrected chi connectivity index (χ4v) is 2.35. The van der Waals surface area contributed by atoms with Crippen LogP contribution >= 0.6 is 11.8 Å². The molecule has 1 aromatic rings. The van der Waals surface area contributed by atoms with Crippen molar-refractivity contribution < 1.29 is 5.11 Å². The molecule has 1 unspecified atom stereocenters. The summed E-state index contributed by atoms with van der Waals surface area (Å²) in [6.07, 6.45) is 0.708. The Bertz CT molecular complexity index is 357. The van der Waals surface area contributed by atoms with E-state index in [1.54, 1.807) is 7.05 Å². The Kier molecular flexibility index (Phi) is 5.58. The molecule has 6 nitrogen and oxygen atoms in total. The summed E-state index contributed by atoms with van der Waals surface area (Å²) in [5, 5.41) is 19.1. The van der Waals surface area contributed by atoms with Crippen molar-refractivity contribution >= 4 is 11.8 Å². The van der Waals surface area contributed by atoms with Crippen LogP contribution in [0.2, 0.25) is 0 Å². The molecule has 0 aliphatic heterocycles. The standard InChI is InChI=1S/C9H18N4O2S/c1-3-10-7(4-5-14)6-16-9-12-11-8(15)13(9)2/h7,10,14H,3-6H2,1-2H3,(H,11,15). The highest BCUT2D eigenvalue weighted by Crippen LogP contribution is 2.14. The minimum atomic E-state index is -0.204. The smallest absolute Gasteiger partial charge is 0.343 e. The molecule has 3 N–H and O–H groups in total. The van der Waals surface area contributed by atoms with Crippen LogP contribution in [0.5, 0.6) is 0 Å². The van der Waals surface area contributed by atoms with E-state index in [-0.39, 0.29) is 18.3 Å². The number of aliphatic hydroxyl groups excluding tert-OH is 1. The number of H-pyrrole nitrogens is 1. The summed E-state index contributed by atoms with van der Waals surface area (Å²) in [5.41, 5.74) is -0.204. The van der Waals surface area contributed by atoms with Gasteiger partial charge in [0.1, 0.15) is 0 Å². The molecule has 0 saturated heterocycles. The average Bonchev–Trinajstić information content (AvgIpc) is 2.58. The molecule has 0 radical (unpaired) electrons. The van der Waals surface area contributed by atoms with Crippen molar-refractivity contribution in [2.75, 3.05) is 18.9 Å². The minimum absolute atomic E-state index is 0.164. The predicted octanol–water partition coefficient (Wildman–Crippen LogP) is -0.439. The van der Waals surface area contributed by atoms with Crippen molar-refractivity contribution in [3.05, 3.63) is 10.5 Å². The fourth-order valence-electron chi connectivity index (χ4n) is 1.33. The fraction of sp³-hybridized carbons (Fsp3) is 0.778. The van der Waals surface area contributed by atoms with Crippen LogP contribution in [0.4, 0.5) is 0 Å². The molecule has 0 aliphatic rings. The van der Waals surface area contributed by atoms with Crippen molar-refractivity contribution in [1.82, 2.24) is 20.1 Å². The first-order valence-electron chi connectivity index (χ1n) is 5.27. The van der Waals surface area contributed by atoms with E-state index in [1.807, 2.05) is 6.92 Å². The molecule has 0 saturated carbocycles. The zero-order chi connectivity index (χ0) is 12.0. The van der Waals surface area contributed by atoms with E-state index in [4.69, 9.17) is 5.11 Å². The third-order valence-corrected chi connectivity index (χ3v) is 3.42. The number of hydrogen-bond acceptors (Lipinski definition) is 5. The van der Waals surface area contributed by atoms with Crippen LogP contribution in [0.3, 0.4) is 0 Å². The van der Waals surface area contributed by atoms with Gasteiger partial charge in [-0.15, -0.1) is 5.10 Å². The number of aromatic amines is 1. The lowest BCUT2D eigenvalue weighted by atomic mass is 10.2. The van der Waals surface area contributed by atoms with Gasteiger partial charge in [0, 0.05) is 25.4 Å². The van der Waals surface area contributed by atoms with E-state index in [1.165, 1.54) is 16.3 Å². The Morgan fingerprint density at radius 1 is 1.69 bits per heavy atom. The second-order valence-corrected chi connectivity index (χ2v) is 4.44. The summed E-state index contributed by atoms with van der Waals surface area (Å²) in [5.74, 6) is 0.784. The Balaban J connectivity index is 2.48. The maximum atomic E-state index is 11.1. The summed E-state index contributed by atoms with van der Waals surface area (Å²) in [7, 11) is 1.68. The Morgan fingerprint density at radius 2 is 2.44 bits per heavy atom. The predicted molar refractivity (Wildman–Crippen MR) is 63.7 cm³/mol. The Morgan fingerprint density at radius 3 is 2.94 bits per heavy atom. The maximum absolute atomic E-state index is 11.1. The van der Waals surface area contributed by atoms with Crippen molar-refractivity contribution in [2.45, 2.75) is 24.5 Å². The molecule has 0 fully saturated rings. The van der Waals surface area contributed by atoms with Gasteiger partial charge in [0.2, 0.25) is 0 Å². The topological polar surface area (TPSA) is 82.9 Å². The number of aromatic nitrogens is 3. The lowest BCUT2D eigenvalue weighted by Crippen LogP contribution is -2.32. The van der Waals surface area contributed by atoms with Gasteiger partial charge in [-0.25, -0.2) is 9.89 Å². The molecule has 1 aromatic heterocycles. The highest BCUT2D eigenvalue weighted by molar-refractivity contribution is 7.99. The summed E-state index contributed by atoms with van der Waals surface area (Å²) in [4.78, 5) is 11.1. The van der Waals surface area contributed by atoms with Gasteiger partial charge in [-0.05, 0) is 13.0 Å². The lowest BCUT2D eigenvalue weighted by molar-refractivity contribution is 0.271. The Hall–Kier alpha value is -0.790. The Labute approximate surface area is 98.4 Å². The van der Waals surface area contributed by atoms with Crippen molar-refractivity contribution in [1.29, 1.82) is 0 Å². The average molecular weight is 246 g/mol. The number of thioether (sulfide) groups is 1. The number of rotatable bonds is 7. The van der Waals surface area contributed by atoms with Crippen LogP contribution in [0, 0.1) is 0 Å². The van der Waals surface area contributed by atoms with Gasteiger partial charge < -0.3 is 10.4 Å². The van der Waals surface area contributed by atoms with Gasteiger partial charge in [-0.2, -0.15) is 0 Å². The van der Waals surface area contributed by atoms with E-state index in [0.717, 1.165) is 12.3 Å². The molecule has 0 aliphatic carbocycles. The molecule has 1 heterocycles. The van der Waals surface area contributed by atoms with Crippen molar-refractivity contribution in [3.8, 4) is 0 Å². The van der Waals surface area contributed by atoms with E-state index < -0.39 is 0 Å². The molecular formula is C9H18N4O2S. The van der Waals surface area contributed by atoms with Gasteiger partial charge in [-0.3, -0.25) is 4.57 Å². The minimum Gasteiger partial charge on any atom is -0.396 e. The molecule has 0 spiro atoms. The van der Waals surface area contributed by atoms with Crippen LogP contribution in [0.1, 0.15) is 13.3 Å². The first kappa shape index (κ1) is 13.3. The molecule has 0 amide bonds. The molecular weight excluding hydrogens is 228 g/mol. The third kappa shape index (κ3) is 3.66. The third-order valence-electron chi connectivity index (χ3n) is 2.22. The second kappa shape index (κ2) is 6.72. The van der Waals surface area contributed by atoms with Crippen LogP contribution in [-0.2, 0) is 7.05 Å². The van der Waals surface area contributed by atoms with Crippen LogP contribution < -0.4 is 11.0 Å². The molecule has 1 rings (SSSR count). The normalized spacial score (nSPS) is 12.9. The SMILES string of the molecule is CCNC(CCO)CSc1n[nH]c(=O)n1C. The van der Waals surface area contributed by atoms with Gasteiger partial charge in [0.05, 0.1) is 0 Å². The van der Waals surface area contributed by atoms with E-state index in [2.05, 4.69) is 15.5 Å². The zero-order valence-corrected chi connectivity index (χ0v) is 10.4. The highest BCUT2D eigenvalue weighted by atomic mass is 32.2. The summed E-state index contributed by atoms with van der Waals surface area (Å²) < 4.78 is 1.48. The summed E-state index contributed by atoms with van der Waals surface area (Å²) in [6.45, 7) is 3.06. The summed E-state index contributed by atoms with van der Waals surface area (Å²) >= 11 is 1.50. The van der Waals surface area contributed by atoms with Crippen LogP contribution in [0.25, 0.3) is 0 Å². The number of nitrogens with zero attached hydrogens (tertiary/aromatic N) is 2. The first-order chi connectivity index (χ1) is 7.69. The van der Waals surface area contributed by atoms with E-state index in [9.17, 15) is 4.79 Å². The molecule has 0 aromatic carbocycles. The van der Waals surface area contributed by atoms with Crippen molar-refractivity contribution in [2.24, 2.45) is 7.05 Å². The van der Waals surface area contributed by atoms with E-state index in [0.29, 0.717) is 11.6 Å². The first-order valence-corrected chi connectivity index (χ1v) is 6.26. The van der Waals surface area contributed by atoms with E-state index >= 15 is 0 Å². The molecule has 1 atom stereocenters. The number of hydrogen-bond donors (Lipinski definition) is 3. The van der Waals surface area contributed by atoms with Crippen LogP contribution in [-0.4, -0.2) is 44.8 Å². The molecule has 7 heteroatoms. The van der Waals surface area contributed by atoms with Gasteiger partial charge in [0.15, 0.2) is 5.16 Å². The lowest BCUT2D eigenvalue weighted by Gasteiger charge is -2.15. The highest BCUT2D eigenvalue weighted by Gasteiger charge is 2.10. The maximum Gasteiger partial charge on any atom is 0.343 e. The quantitative estimate of drug-likeness (QED) is 0.568. The second-order valence-electron chi connectivity index (χ2n) is 3.45. The van der Waals surface area contributed by atoms with Gasteiger partial charge in [0.25, 0.3) is 0 Å². The number of aliphatic hydroxyl groups is 1. The zero-order valence-electron chi connectivity index (χ0n) is 9.56. The van der Waals surface area contributed by atoms with Crippen molar-refractivity contribution in [3.63, 3.8) is 0 Å². The molecule has 92 valence electrons. The van der Waals surface area contributed by atoms with Gasteiger partial charge in [-0.1, -0.05) is 18.7 Å². The number of nitrogens with one attached hydrogen (secondary N) is 2. The monoisotopic (exact) mass is 246 g/mol. The molecule has 16 heavy (non-hydrogen) atoms. The molecule has 0 bridgehead atoms. The summed E-state index contributed by atoms with van der Waals surface area (Å²) in [6, 6.07) is 0.242. The largest absolute Gasteiger partial charge is 0.396 e. The van der Waals surface area contributed by atoms with Crippen LogP contribution in [0.15, 0.2) is 9.95 Å². The van der Waals surface area contributed by atoms with Gasteiger partial charge >= 0.3 is 5.69 Å².